The van der Waals surface area contributed by atoms with Gasteiger partial charge in [-0.25, -0.2) is 0 Å². The lowest BCUT2D eigenvalue weighted by atomic mass is 10.1. The normalized spacial score (nSPS) is 12.9. The van der Waals surface area contributed by atoms with Crippen LogP contribution in [0.1, 0.15) is 32.0 Å². The lowest BCUT2D eigenvalue weighted by Gasteiger charge is -1.98. The summed E-state index contributed by atoms with van der Waals surface area (Å²) in [5, 5.41) is 6.58. The molecule has 2 aromatic rings. The lowest BCUT2D eigenvalue weighted by Crippen LogP contribution is -1.93. The molecule has 2 N–H and O–H groups in total. The molecule has 80 valence electrons. The first-order valence-corrected chi connectivity index (χ1v) is 5.77. The number of thiophene rings is 1. The SMILES string of the molecule is CCC(C)c1noc(-c2ccsc2N)n1. The molecule has 0 aliphatic carbocycles. The van der Waals surface area contributed by atoms with E-state index < -0.39 is 0 Å². The van der Waals surface area contributed by atoms with E-state index in [-0.39, 0.29) is 0 Å². The number of hydrogen-bond acceptors (Lipinski definition) is 5. The molecule has 2 heterocycles. The van der Waals surface area contributed by atoms with Crippen molar-refractivity contribution in [3.8, 4) is 11.5 Å². The summed E-state index contributed by atoms with van der Waals surface area (Å²) < 4.78 is 5.18. The van der Waals surface area contributed by atoms with Crippen LogP contribution >= 0.6 is 11.3 Å². The van der Waals surface area contributed by atoms with E-state index in [1.165, 1.54) is 11.3 Å². The Bertz CT molecular complexity index is 449. The summed E-state index contributed by atoms with van der Waals surface area (Å²) in [6.07, 6.45) is 0.998. The van der Waals surface area contributed by atoms with Crippen molar-refractivity contribution in [1.29, 1.82) is 0 Å². The fraction of sp³-hybridized carbons (Fsp3) is 0.400. The van der Waals surface area contributed by atoms with Crippen LogP contribution in [0.3, 0.4) is 0 Å². The maximum Gasteiger partial charge on any atom is 0.260 e. The van der Waals surface area contributed by atoms with E-state index in [1.807, 2.05) is 11.4 Å². The minimum atomic E-state index is 0.322. The Balaban J connectivity index is 2.32. The van der Waals surface area contributed by atoms with Gasteiger partial charge in [0.15, 0.2) is 5.82 Å². The molecule has 0 radical (unpaired) electrons. The molecule has 0 spiro atoms. The third kappa shape index (κ3) is 1.87. The maximum atomic E-state index is 5.78. The zero-order valence-corrected chi connectivity index (χ0v) is 9.54. The van der Waals surface area contributed by atoms with Gasteiger partial charge in [-0.1, -0.05) is 19.0 Å². The van der Waals surface area contributed by atoms with Gasteiger partial charge < -0.3 is 10.3 Å². The van der Waals surface area contributed by atoms with Gasteiger partial charge in [0.05, 0.1) is 10.6 Å². The topological polar surface area (TPSA) is 64.9 Å². The van der Waals surface area contributed by atoms with E-state index in [2.05, 4.69) is 24.0 Å². The highest BCUT2D eigenvalue weighted by molar-refractivity contribution is 7.14. The highest BCUT2D eigenvalue weighted by Gasteiger charge is 2.15. The first-order valence-electron chi connectivity index (χ1n) is 4.89. The summed E-state index contributed by atoms with van der Waals surface area (Å²) in [6, 6.07) is 1.90. The standard InChI is InChI=1S/C10H13N3OS/c1-3-6(2)9-12-10(14-13-9)7-4-5-15-8(7)11/h4-6H,3,11H2,1-2H3. The van der Waals surface area contributed by atoms with E-state index in [4.69, 9.17) is 10.3 Å². The summed E-state index contributed by atoms with van der Waals surface area (Å²) in [5.41, 5.74) is 6.62. The molecule has 0 saturated heterocycles. The molecular weight excluding hydrogens is 210 g/mol. The van der Waals surface area contributed by atoms with E-state index in [1.54, 1.807) is 0 Å². The molecule has 15 heavy (non-hydrogen) atoms. The third-order valence-electron chi connectivity index (χ3n) is 2.42. The second-order valence-electron chi connectivity index (χ2n) is 3.47. The van der Waals surface area contributed by atoms with Gasteiger partial charge in [0.2, 0.25) is 0 Å². The fourth-order valence-electron chi connectivity index (χ4n) is 1.22. The summed E-state index contributed by atoms with van der Waals surface area (Å²) >= 11 is 1.47. The van der Waals surface area contributed by atoms with Crippen LogP contribution in [0.2, 0.25) is 0 Å². The van der Waals surface area contributed by atoms with E-state index >= 15 is 0 Å². The summed E-state index contributed by atoms with van der Waals surface area (Å²) in [5.74, 6) is 1.59. The van der Waals surface area contributed by atoms with Crippen LogP contribution in [0, 0.1) is 0 Å². The van der Waals surface area contributed by atoms with Crippen LogP contribution in [0.15, 0.2) is 16.0 Å². The van der Waals surface area contributed by atoms with Crippen molar-refractivity contribution in [3.05, 3.63) is 17.3 Å². The average Bonchev–Trinajstić information content (AvgIpc) is 2.84. The van der Waals surface area contributed by atoms with Crippen molar-refractivity contribution >= 4 is 16.3 Å². The lowest BCUT2D eigenvalue weighted by molar-refractivity contribution is 0.417. The van der Waals surface area contributed by atoms with Crippen molar-refractivity contribution in [1.82, 2.24) is 10.1 Å². The van der Waals surface area contributed by atoms with Crippen molar-refractivity contribution in [2.45, 2.75) is 26.2 Å². The Morgan fingerprint density at radius 1 is 1.60 bits per heavy atom. The predicted octanol–water partition coefficient (Wildman–Crippen LogP) is 2.89. The van der Waals surface area contributed by atoms with Crippen molar-refractivity contribution in [2.75, 3.05) is 5.73 Å². The summed E-state index contributed by atoms with van der Waals surface area (Å²) in [7, 11) is 0. The van der Waals surface area contributed by atoms with Crippen LogP contribution in [0.4, 0.5) is 5.00 Å². The van der Waals surface area contributed by atoms with Gasteiger partial charge in [0, 0.05) is 5.92 Å². The van der Waals surface area contributed by atoms with Crippen LogP contribution < -0.4 is 5.73 Å². The Morgan fingerprint density at radius 2 is 2.40 bits per heavy atom. The van der Waals surface area contributed by atoms with Gasteiger partial charge in [-0.15, -0.1) is 11.3 Å². The number of anilines is 1. The number of rotatable bonds is 3. The number of aromatic nitrogens is 2. The third-order valence-corrected chi connectivity index (χ3v) is 3.17. The second kappa shape index (κ2) is 4.02. The molecule has 4 nitrogen and oxygen atoms in total. The molecule has 0 aliphatic heterocycles. The Labute approximate surface area is 92.1 Å². The maximum absolute atomic E-state index is 5.78. The molecule has 2 aromatic heterocycles. The molecule has 5 heteroatoms. The van der Waals surface area contributed by atoms with Gasteiger partial charge in [0.25, 0.3) is 5.89 Å². The molecule has 1 atom stereocenters. The molecule has 1 unspecified atom stereocenters. The number of nitrogens with zero attached hydrogens (tertiary/aromatic N) is 2. The summed E-state index contributed by atoms with van der Waals surface area (Å²) in [4.78, 5) is 4.33. The zero-order valence-electron chi connectivity index (χ0n) is 8.73. The van der Waals surface area contributed by atoms with Gasteiger partial charge in [0.1, 0.15) is 0 Å². The molecular formula is C10H13N3OS. The van der Waals surface area contributed by atoms with Crippen molar-refractivity contribution in [2.24, 2.45) is 0 Å². The van der Waals surface area contributed by atoms with E-state index in [0.717, 1.165) is 17.8 Å². The quantitative estimate of drug-likeness (QED) is 0.868. The highest BCUT2D eigenvalue weighted by atomic mass is 32.1. The fourth-order valence-corrected chi connectivity index (χ4v) is 1.86. The number of nitrogens with two attached hydrogens (primary N) is 1. The highest BCUT2D eigenvalue weighted by Crippen LogP contribution is 2.30. The molecule has 0 fully saturated rings. The monoisotopic (exact) mass is 223 g/mol. The molecule has 0 amide bonds. The largest absolute Gasteiger partial charge is 0.390 e. The average molecular weight is 223 g/mol. The smallest absolute Gasteiger partial charge is 0.260 e. The van der Waals surface area contributed by atoms with Gasteiger partial charge >= 0.3 is 0 Å². The first kappa shape index (κ1) is 10.2. The van der Waals surface area contributed by atoms with Crippen LogP contribution in [-0.4, -0.2) is 10.1 Å². The number of nitrogen functional groups attached to an aromatic ring is 1. The Morgan fingerprint density at radius 3 is 3.00 bits per heavy atom. The molecule has 0 aliphatic rings. The van der Waals surface area contributed by atoms with Crippen molar-refractivity contribution < 1.29 is 4.52 Å². The molecule has 0 aromatic carbocycles. The minimum Gasteiger partial charge on any atom is -0.390 e. The van der Waals surface area contributed by atoms with Gasteiger partial charge in [-0.05, 0) is 17.9 Å². The van der Waals surface area contributed by atoms with E-state index in [0.29, 0.717) is 16.8 Å². The number of hydrogen-bond donors (Lipinski definition) is 1. The Kier molecular flexibility index (Phi) is 2.73. The summed E-state index contributed by atoms with van der Waals surface area (Å²) in [6.45, 7) is 4.17. The molecule has 0 saturated carbocycles. The molecule has 0 bridgehead atoms. The Hall–Kier alpha value is -1.36. The first-order chi connectivity index (χ1) is 7.22. The van der Waals surface area contributed by atoms with E-state index in [9.17, 15) is 0 Å². The second-order valence-corrected chi connectivity index (χ2v) is 4.41. The van der Waals surface area contributed by atoms with Crippen LogP contribution in [0.5, 0.6) is 0 Å². The predicted molar refractivity (Wildman–Crippen MR) is 60.7 cm³/mol. The molecule has 2 rings (SSSR count). The zero-order chi connectivity index (χ0) is 10.8. The van der Waals surface area contributed by atoms with Crippen LogP contribution in [-0.2, 0) is 0 Å². The van der Waals surface area contributed by atoms with Crippen LogP contribution in [0.25, 0.3) is 11.5 Å². The van der Waals surface area contributed by atoms with Gasteiger partial charge in [-0.2, -0.15) is 4.98 Å². The minimum absolute atomic E-state index is 0.322. The van der Waals surface area contributed by atoms with Gasteiger partial charge in [-0.3, -0.25) is 0 Å². The van der Waals surface area contributed by atoms with Crippen molar-refractivity contribution in [3.63, 3.8) is 0 Å².